The van der Waals surface area contributed by atoms with E-state index in [-0.39, 0.29) is 13.2 Å². The molecule has 0 fully saturated rings. The number of hydrogen-bond donors (Lipinski definition) is 1. The molecule has 8 heteroatoms. The lowest BCUT2D eigenvalue weighted by molar-refractivity contribution is -0.101. The fourth-order valence-corrected chi connectivity index (χ4v) is 3.49. The molecule has 32 heavy (non-hydrogen) atoms. The van der Waals surface area contributed by atoms with Crippen LogP contribution in [0.15, 0.2) is 60.1 Å². The number of ether oxygens (including phenoxy) is 1. The third-order valence-electron chi connectivity index (χ3n) is 5.54. The lowest BCUT2D eigenvalue weighted by atomic mass is 9.77. The molecule has 170 valence electrons. The lowest BCUT2D eigenvalue weighted by Gasteiger charge is -2.39. The molecule has 1 heterocycles. The summed E-state index contributed by atoms with van der Waals surface area (Å²) in [5, 5.41) is 16.6. The maximum atomic E-state index is 11.3. The largest absolute Gasteiger partial charge is 0.490 e. The van der Waals surface area contributed by atoms with E-state index in [1.54, 1.807) is 23.1 Å². The van der Waals surface area contributed by atoms with Crippen LogP contribution >= 0.6 is 23.2 Å². The van der Waals surface area contributed by atoms with Crippen molar-refractivity contribution in [2.75, 3.05) is 6.61 Å². The minimum atomic E-state index is -1.13. The van der Waals surface area contributed by atoms with Crippen LogP contribution in [0.2, 0.25) is 10.0 Å². The Hall–Kier alpha value is -2.41. The predicted octanol–water partition coefficient (Wildman–Crippen LogP) is 5.45. The SMILES string of the molecule is C/C(=N/Cc1ccc(Cl)cc1Cl)c1ccc(OCC(O)(Cn2cncn2)C(C)(C)C)cc1. The van der Waals surface area contributed by atoms with Gasteiger partial charge in [-0.15, -0.1) is 0 Å². The third-order valence-corrected chi connectivity index (χ3v) is 6.12. The number of rotatable bonds is 8. The van der Waals surface area contributed by atoms with Gasteiger partial charge in [-0.25, -0.2) is 9.67 Å². The Kier molecular flexibility index (Phi) is 7.59. The molecule has 3 aromatic rings. The summed E-state index contributed by atoms with van der Waals surface area (Å²) in [4.78, 5) is 8.59. The molecule has 0 aliphatic rings. The number of hydrogen-bond acceptors (Lipinski definition) is 5. The third kappa shape index (κ3) is 6.09. The van der Waals surface area contributed by atoms with Crippen LogP contribution in [0.5, 0.6) is 5.75 Å². The summed E-state index contributed by atoms with van der Waals surface area (Å²) < 4.78 is 7.57. The van der Waals surface area contributed by atoms with Crippen LogP contribution in [0.1, 0.15) is 38.8 Å². The van der Waals surface area contributed by atoms with E-state index in [1.807, 2.05) is 58.0 Å². The zero-order valence-electron chi connectivity index (χ0n) is 18.7. The molecule has 2 aromatic carbocycles. The molecular formula is C24H28Cl2N4O2. The standard InChI is InChI=1S/C24H28Cl2N4O2/c1-17(28-12-19-5-8-20(25)11-22(19)26)18-6-9-21(10-7-18)32-14-24(31,23(2,3)4)13-30-16-27-15-29-30/h5-11,15-16,31H,12-14H2,1-4H3/b28-17-. The van der Waals surface area contributed by atoms with Crippen LogP contribution in [-0.4, -0.2) is 37.8 Å². The average molecular weight is 475 g/mol. The Labute approximate surface area is 198 Å². The van der Waals surface area contributed by atoms with Crippen molar-refractivity contribution in [3.05, 3.63) is 76.3 Å². The van der Waals surface area contributed by atoms with Gasteiger partial charge in [-0.2, -0.15) is 5.10 Å². The number of aromatic nitrogens is 3. The van der Waals surface area contributed by atoms with Gasteiger partial charge in [0.1, 0.15) is 30.6 Å². The van der Waals surface area contributed by atoms with E-state index in [0.717, 1.165) is 16.8 Å². The summed E-state index contributed by atoms with van der Waals surface area (Å²) in [7, 11) is 0. The van der Waals surface area contributed by atoms with Crippen molar-refractivity contribution in [3.8, 4) is 5.75 Å². The minimum Gasteiger partial charge on any atom is -0.490 e. The zero-order valence-corrected chi connectivity index (χ0v) is 20.2. The highest BCUT2D eigenvalue weighted by molar-refractivity contribution is 6.35. The van der Waals surface area contributed by atoms with E-state index in [9.17, 15) is 5.11 Å². The second-order valence-electron chi connectivity index (χ2n) is 8.83. The van der Waals surface area contributed by atoms with E-state index in [4.69, 9.17) is 27.9 Å². The van der Waals surface area contributed by atoms with Gasteiger partial charge in [0.05, 0.1) is 13.1 Å². The van der Waals surface area contributed by atoms with E-state index in [2.05, 4.69) is 15.1 Å². The molecule has 0 aliphatic heterocycles. The Morgan fingerprint density at radius 1 is 1.12 bits per heavy atom. The maximum Gasteiger partial charge on any atom is 0.137 e. The minimum absolute atomic E-state index is 0.123. The van der Waals surface area contributed by atoms with Crippen molar-refractivity contribution in [1.29, 1.82) is 0 Å². The fourth-order valence-electron chi connectivity index (χ4n) is 3.02. The summed E-state index contributed by atoms with van der Waals surface area (Å²) in [5.74, 6) is 0.670. The molecule has 0 radical (unpaired) electrons. The highest BCUT2D eigenvalue weighted by Crippen LogP contribution is 2.32. The van der Waals surface area contributed by atoms with Gasteiger partial charge in [-0.05, 0) is 59.9 Å². The first-order chi connectivity index (χ1) is 15.1. The van der Waals surface area contributed by atoms with Gasteiger partial charge in [-0.3, -0.25) is 4.99 Å². The lowest BCUT2D eigenvalue weighted by Crippen LogP contribution is -2.51. The molecule has 0 bridgehead atoms. The first kappa shape index (κ1) is 24.2. The van der Waals surface area contributed by atoms with Gasteiger partial charge >= 0.3 is 0 Å². The van der Waals surface area contributed by atoms with Crippen LogP contribution in [0, 0.1) is 5.41 Å². The molecule has 0 saturated carbocycles. The maximum absolute atomic E-state index is 11.3. The summed E-state index contributed by atoms with van der Waals surface area (Å²) in [6.45, 7) is 8.76. The molecule has 1 atom stereocenters. The van der Waals surface area contributed by atoms with Crippen LogP contribution < -0.4 is 4.74 Å². The number of aliphatic imine (C=N–C) groups is 1. The second kappa shape index (κ2) is 10.0. The van der Waals surface area contributed by atoms with Crippen LogP contribution in [0.4, 0.5) is 0 Å². The second-order valence-corrected chi connectivity index (χ2v) is 9.67. The zero-order chi connectivity index (χ0) is 23.4. The number of halogens is 2. The molecule has 6 nitrogen and oxygen atoms in total. The summed E-state index contributed by atoms with van der Waals surface area (Å²) in [6, 6.07) is 13.1. The molecule has 1 aromatic heterocycles. The molecule has 0 aliphatic carbocycles. The Morgan fingerprint density at radius 3 is 2.44 bits per heavy atom. The van der Waals surface area contributed by atoms with Crippen LogP contribution in [0.25, 0.3) is 0 Å². The molecule has 3 rings (SSSR count). The Balaban J connectivity index is 1.65. The van der Waals surface area contributed by atoms with Gasteiger partial charge in [0, 0.05) is 15.8 Å². The average Bonchev–Trinajstić information content (AvgIpc) is 3.24. The fraction of sp³-hybridized carbons (Fsp3) is 0.375. The quantitative estimate of drug-likeness (QED) is 0.440. The van der Waals surface area contributed by atoms with Crippen molar-refractivity contribution >= 4 is 28.9 Å². The number of benzene rings is 2. The Morgan fingerprint density at radius 2 is 1.84 bits per heavy atom. The highest BCUT2D eigenvalue weighted by atomic mass is 35.5. The first-order valence-corrected chi connectivity index (χ1v) is 11.1. The number of nitrogens with zero attached hydrogens (tertiary/aromatic N) is 4. The van der Waals surface area contributed by atoms with E-state index in [1.165, 1.54) is 6.33 Å². The Bertz CT molecular complexity index is 1060. The smallest absolute Gasteiger partial charge is 0.137 e. The molecule has 0 spiro atoms. The normalized spacial score (nSPS) is 14.3. The van der Waals surface area contributed by atoms with Gasteiger partial charge in [0.25, 0.3) is 0 Å². The molecule has 1 N–H and O–H groups in total. The van der Waals surface area contributed by atoms with Gasteiger partial charge < -0.3 is 9.84 Å². The number of aliphatic hydroxyl groups is 1. The predicted molar refractivity (Wildman–Crippen MR) is 129 cm³/mol. The van der Waals surface area contributed by atoms with Gasteiger partial charge in [0.2, 0.25) is 0 Å². The van der Waals surface area contributed by atoms with Crippen LogP contribution in [0.3, 0.4) is 0 Å². The van der Waals surface area contributed by atoms with Gasteiger partial charge in [0.15, 0.2) is 0 Å². The summed E-state index contributed by atoms with van der Waals surface area (Å²) >= 11 is 12.2. The first-order valence-electron chi connectivity index (χ1n) is 10.3. The topological polar surface area (TPSA) is 72.5 Å². The van der Waals surface area contributed by atoms with Crippen molar-refractivity contribution < 1.29 is 9.84 Å². The van der Waals surface area contributed by atoms with E-state index in [0.29, 0.717) is 22.3 Å². The molecule has 0 amide bonds. The van der Waals surface area contributed by atoms with Crippen LogP contribution in [-0.2, 0) is 13.1 Å². The van der Waals surface area contributed by atoms with E-state index >= 15 is 0 Å². The molecule has 0 saturated heterocycles. The monoisotopic (exact) mass is 474 g/mol. The highest BCUT2D eigenvalue weighted by Gasteiger charge is 2.41. The van der Waals surface area contributed by atoms with E-state index < -0.39 is 11.0 Å². The summed E-state index contributed by atoms with van der Waals surface area (Å²) in [6.07, 6.45) is 3.04. The van der Waals surface area contributed by atoms with Crippen molar-refractivity contribution in [2.45, 2.75) is 46.4 Å². The van der Waals surface area contributed by atoms with Gasteiger partial charge in [-0.1, -0.05) is 50.0 Å². The van der Waals surface area contributed by atoms with Crippen molar-refractivity contribution in [3.63, 3.8) is 0 Å². The summed E-state index contributed by atoms with van der Waals surface area (Å²) in [5.41, 5.74) is 1.24. The van der Waals surface area contributed by atoms with Crippen molar-refractivity contribution in [1.82, 2.24) is 14.8 Å². The molecule has 1 unspecified atom stereocenters. The van der Waals surface area contributed by atoms with Crippen molar-refractivity contribution in [2.24, 2.45) is 10.4 Å². The molecular weight excluding hydrogens is 447 g/mol.